The third kappa shape index (κ3) is 3.40. The number of halogens is 1. The lowest BCUT2D eigenvalue weighted by atomic mass is 9.84. The Labute approximate surface area is 154 Å². The molecule has 1 aromatic rings. The normalized spacial score (nSPS) is 33.4. The maximum absolute atomic E-state index is 12.7. The zero-order valence-electron chi connectivity index (χ0n) is 14.3. The van der Waals surface area contributed by atoms with E-state index in [4.69, 9.17) is 5.73 Å². The summed E-state index contributed by atoms with van der Waals surface area (Å²) < 4.78 is 0. The van der Waals surface area contributed by atoms with E-state index in [1.54, 1.807) is 0 Å². The van der Waals surface area contributed by atoms with Gasteiger partial charge in [0.15, 0.2) is 0 Å². The minimum Gasteiger partial charge on any atom is -0.344 e. The van der Waals surface area contributed by atoms with Crippen LogP contribution in [-0.4, -0.2) is 35.3 Å². The first-order valence-electron chi connectivity index (χ1n) is 9.02. The van der Waals surface area contributed by atoms with Crippen molar-refractivity contribution in [1.82, 2.24) is 10.2 Å². The Morgan fingerprint density at radius 1 is 1.16 bits per heavy atom. The highest BCUT2D eigenvalue weighted by molar-refractivity contribution is 5.90. The summed E-state index contributed by atoms with van der Waals surface area (Å²) in [5, 5.41) is 2.99. The fourth-order valence-corrected chi connectivity index (χ4v) is 4.83. The van der Waals surface area contributed by atoms with Crippen LogP contribution in [-0.2, 0) is 16.1 Å². The van der Waals surface area contributed by atoms with E-state index in [-0.39, 0.29) is 42.2 Å². The van der Waals surface area contributed by atoms with Crippen LogP contribution in [0.15, 0.2) is 30.3 Å². The minimum absolute atomic E-state index is 0. The molecule has 3 fully saturated rings. The number of rotatable bonds is 4. The number of fused-ring (bicyclic) bond motifs is 2. The summed E-state index contributed by atoms with van der Waals surface area (Å²) in [4.78, 5) is 27.1. The number of hydrogen-bond acceptors (Lipinski definition) is 3. The van der Waals surface area contributed by atoms with Gasteiger partial charge in [0.25, 0.3) is 0 Å². The van der Waals surface area contributed by atoms with Crippen LogP contribution in [0.5, 0.6) is 0 Å². The van der Waals surface area contributed by atoms with E-state index >= 15 is 0 Å². The molecule has 0 aromatic heterocycles. The van der Waals surface area contributed by atoms with Gasteiger partial charge in [-0.2, -0.15) is 0 Å². The average Bonchev–Trinajstić information content (AvgIpc) is 3.26. The number of likely N-dealkylation sites (tertiary alicyclic amines) is 1. The highest BCUT2D eigenvalue weighted by atomic mass is 35.5. The lowest BCUT2D eigenvalue weighted by Gasteiger charge is -2.28. The van der Waals surface area contributed by atoms with Gasteiger partial charge in [0, 0.05) is 19.1 Å². The lowest BCUT2D eigenvalue weighted by Crippen LogP contribution is -2.50. The standard InChI is InChI=1S/C19H25N3O2.ClH/c20-17-14-7-6-13(10-14)16(17)18(23)21-15-8-9-22(19(15)24)11-12-4-2-1-3-5-12;/h1-5,13-17H,6-11,20H2,(H,21,23);1H. The number of hydrogen-bond donors (Lipinski definition) is 2. The molecule has 0 radical (unpaired) electrons. The van der Waals surface area contributed by atoms with E-state index in [1.165, 1.54) is 0 Å². The smallest absolute Gasteiger partial charge is 0.245 e. The number of nitrogens with one attached hydrogen (secondary N) is 1. The third-order valence-electron chi connectivity index (χ3n) is 6.11. The van der Waals surface area contributed by atoms with Crippen LogP contribution in [0.1, 0.15) is 31.2 Å². The maximum Gasteiger partial charge on any atom is 0.245 e. The summed E-state index contributed by atoms with van der Waals surface area (Å²) in [6.07, 6.45) is 4.03. The van der Waals surface area contributed by atoms with Crippen LogP contribution in [0.4, 0.5) is 0 Å². The van der Waals surface area contributed by atoms with Gasteiger partial charge in [-0.05, 0) is 43.1 Å². The Bertz CT molecular complexity index is 637. The van der Waals surface area contributed by atoms with Crippen LogP contribution < -0.4 is 11.1 Å². The molecule has 1 saturated heterocycles. The van der Waals surface area contributed by atoms with E-state index in [9.17, 15) is 9.59 Å². The first kappa shape index (κ1) is 18.2. The van der Waals surface area contributed by atoms with E-state index in [0.29, 0.717) is 31.3 Å². The van der Waals surface area contributed by atoms with E-state index in [1.807, 2.05) is 35.2 Å². The van der Waals surface area contributed by atoms with Crippen molar-refractivity contribution in [3.05, 3.63) is 35.9 Å². The highest BCUT2D eigenvalue weighted by Crippen LogP contribution is 2.47. The first-order valence-corrected chi connectivity index (χ1v) is 9.02. The molecule has 2 saturated carbocycles. The van der Waals surface area contributed by atoms with Gasteiger partial charge in [0.05, 0.1) is 5.92 Å². The van der Waals surface area contributed by atoms with Crippen molar-refractivity contribution >= 4 is 24.2 Å². The zero-order chi connectivity index (χ0) is 16.7. The van der Waals surface area contributed by atoms with E-state index in [0.717, 1.165) is 24.8 Å². The maximum atomic E-state index is 12.7. The van der Waals surface area contributed by atoms with Crippen molar-refractivity contribution in [2.75, 3.05) is 6.54 Å². The van der Waals surface area contributed by atoms with Gasteiger partial charge in [-0.15, -0.1) is 12.4 Å². The molecule has 3 N–H and O–H groups in total. The van der Waals surface area contributed by atoms with Crippen molar-refractivity contribution in [2.45, 2.75) is 44.3 Å². The quantitative estimate of drug-likeness (QED) is 0.854. The first-order chi connectivity index (χ1) is 11.6. The zero-order valence-corrected chi connectivity index (χ0v) is 15.1. The molecular formula is C19H26ClN3O2. The lowest BCUT2D eigenvalue weighted by molar-refractivity contribution is -0.135. The van der Waals surface area contributed by atoms with Crippen LogP contribution >= 0.6 is 12.4 Å². The van der Waals surface area contributed by atoms with Crippen molar-refractivity contribution in [3.8, 4) is 0 Å². The molecule has 25 heavy (non-hydrogen) atoms. The molecule has 1 aliphatic heterocycles. The van der Waals surface area contributed by atoms with Gasteiger partial charge in [-0.1, -0.05) is 30.3 Å². The molecule has 1 heterocycles. The largest absolute Gasteiger partial charge is 0.344 e. The molecule has 2 bridgehead atoms. The predicted molar refractivity (Wildman–Crippen MR) is 98.0 cm³/mol. The van der Waals surface area contributed by atoms with Crippen molar-refractivity contribution in [1.29, 1.82) is 0 Å². The third-order valence-corrected chi connectivity index (χ3v) is 6.11. The number of carbonyl (C=O) groups excluding carboxylic acids is 2. The van der Waals surface area contributed by atoms with Gasteiger partial charge in [-0.3, -0.25) is 9.59 Å². The molecule has 136 valence electrons. The van der Waals surface area contributed by atoms with Gasteiger partial charge >= 0.3 is 0 Å². The van der Waals surface area contributed by atoms with Gasteiger partial charge in [0.1, 0.15) is 6.04 Å². The number of carbonyl (C=O) groups is 2. The monoisotopic (exact) mass is 363 g/mol. The van der Waals surface area contributed by atoms with Crippen molar-refractivity contribution in [2.24, 2.45) is 23.5 Å². The molecule has 5 unspecified atom stereocenters. The van der Waals surface area contributed by atoms with Crippen LogP contribution in [0.3, 0.4) is 0 Å². The molecule has 4 rings (SSSR count). The second-order valence-electron chi connectivity index (χ2n) is 7.53. The highest BCUT2D eigenvalue weighted by Gasteiger charge is 2.49. The Morgan fingerprint density at radius 2 is 1.88 bits per heavy atom. The molecule has 1 aromatic carbocycles. The number of amides is 2. The van der Waals surface area contributed by atoms with Gasteiger partial charge < -0.3 is 16.0 Å². The average molecular weight is 364 g/mol. The van der Waals surface area contributed by atoms with E-state index < -0.39 is 0 Å². The summed E-state index contributed by atoms with van der Waals surface area (Å²) >= 11 is 0. The van der Waals surface area contributed by atoms with E-state index in [2.05, 4.69) is 5.32 Å². The Hall–Kier alpha value is -1.59. The fraction of sp³-hybridized carbons (Fsp3) is 0.579. The van der Waals surface area contributed by atoms with Crippen molar-refractivity contribution < 1.29 is 9.59 Å². The van der Waals surface area contributed by atoms with Crippen LogP contribution in [0, 0.1) is 17.8 Å². The number of benzene rings is 1. The number of nitrogens with two attached hydrogens (primary N) is 1. The van der Waals surface area contributed by atoms with Crippen LogP contribution in [0.2, 0.25) is 0 Å². The Kier molecular flexibility index (Phi) is 5.35. The van der Waals surface area contributed by atoms with Crippen molar-refractivity contribution in [3.63, 3.8) is 0 Å². The molecule has 2 aliphatic carbocycles. The van der Waals surface area contributed by atoms with Gasteiger partial charge in [-0.25, -0.2) is 0 Å². The molecule has 6 heteroatoms. The summed E-state index contributed by atoms with van der Waals surface area (Å²) in [6.45, 7) is 1.31. The molecule has 0 spiro atoms. The minimum atomic E-state index is -0.382. The molecule has 2 amide bonds. The Balaban J connectivity index is 0.00000182. The molecule has 5 atom stereocenters. The SMILES string of the molecule is Cl.NC1C2CCC(C2)C1C(=O)NC1CCN(Cc2ccccc2)C1=O. The van der Waals surface area contributed by atoms with Crippen LogP contribution in [0.25, 0.3) is 0 Å². The van der Waals surface area contributed by atoms with Gasteiger partial charge in [0.2, 0.25) is 11.8 Å². The number of nitrogens with zero attached hydrogens (tertiary/aromatic N) is 1. The summed E-state index contributed by atoms with van der Waals surface area (Å²) in [5.74, 6) is 0.847. The predicted octanol–water partition coefficient (Wildman–Crippen LogP) is 1.70. The summed E-state index contributed by atoms with van der Waals surface area (Å²) in [6, 6.07) is 9.56. The Morgan fingerprint density at radius 3 is 2.56 bits per heavy atom. The molecule has 5 nitrogen and oxygen atoms in total. The molecule has 3 aliphatic rings. The molecular weight excluding hydrogens is 338 g/mol. The topological polar surface area (TPSA) is 75.4 Å². The fourth-order valence-electron chi connectivity index (χ4n) is 4.83. The summed E-state index contributed by atoms with van der Waals surface area (Å²) in [7, 11) is 0. The second-order valence-corrected chi connectivity index (χ2v) is 7.53. The second kappa shape index (κ2) is 7.34. The summed E-state index contributed by atoms with van der Waals surface area (Å²) in [5.41, 5.74) is 7.37.